The van der Waals surface area contributed by atoms with Crippen molar-refractivity contribution in [2.24, 2.45) is 17.8 Å². The van der Waals surface area contributed by atoms with Gasteiger partial charge in [0.15, 0.2) is 5.76 Å². The minimum Gasteiger partial charge on any atom is -0.455 e. The molecule has 1 N–H and O–H groups in total. The number of rotatable bonds is 5. The van der Waals surface area contributed by atoms with Crippen molar-refractivity contribution in [3.05, 3.63) is 83.6 Å². The van der Waals surface area contributed by atoms with Crippen LogP contribution in [0.1, 0.15) is 66.0 Å². The van der Waals surface area contributed by atoms with Gasteiger partial charge in [0.25, 0.3) is 5.91 Å². The van der Waals surface area contributed by atoms with Crippen LogP contribution >= 0.6 is 0 Å². The van der Waals surface area contributed by atoms with E-state index in [1.165, 1.54) is 49.7 Å². The molecule has 4 saturated carbocycles. The highest BCUT2D eigenvalue weighted by atomic mass is 16.4. The smallest absolute Gasteiger partial charge is 0.291 e. The highest BCUT2D eigenvalue weighted by Gasteiger charge is 2.53. The fourth-order valence-electron chi connectivity index (χ4n) is 6.79. The Kier molecular flexibility index (Phi) is 4.48. The topological polar surface area (TPSA) is 55.1 Å². The number of hydrogen-bond donors (Lipinski definition) is 1. The van der Waals surface area contributed by atoms with Crippen molar-refractivity contribution in [1.82, 2.24) is 4.98 Å². The molecular formula is C27H28N2O2. The van der Waals surface area contributed by atoms with Gasteiger partial charge in [-0.2, -0.15) is 0 Å². The largest absolute Gasteiger partial charge is 0.455 e. The van der Waals surface area contributed by atoms with Crippen molar-refractivity contribution >= 4 is 11.6 Å². The van der Waals surface area contributed by atoms with Crippen LogP contribution in [0.25, 0.3) is 0 Å². The summed E-state index contributed by atoms with van der Waals surface area (Å²) < 4.78 is 6.19. The molecule has 4 nitrogen and oxygen atoms in total. The van der Waals surface area contributed by atoms with Crippen LogP contribution in [-0.4, -0.2) is 10.9 Å². The van der Waals surface area contributed by atoms with E-state index in [1.54, 1.807) is 0 Å². The van der Waals surface area contributed by atoms with Gasteiger partial charge in [-0.15, -0.1) is 0 Å². The SMILES string of the molecule is O=C(Nc1ccc(Cc2ccncc2)cc1)c1ccc(C23CC4CC(CC(C4)C2)C3)o1. The zero-order valence-corrected chi connectivity index (χ0v) is 17.7. The fourth-order valence-corrected chi connectivity index (χ4v) is 6.79. The Labute approximate surface area is 183 Å². The third-order valence-corrected chi connectivity index (χ3v) is 7.76. The zero-order valence-electron chi connectivity index (χ0n) is 17.7. The lowest BCUT2D eigenvalue weighted by atomic mass is 9.49. The van der Waals surface area contributed by atoms with E-state index in [9.17, 15) is 4.79 Å². The monoisotopic (exact) mass is 412 g/mol. The minimum atomic E-state index is -0.169. The van der Waals surface area contributed by atoms with Crippen molar-refractivity contribution in [3.8, 4) is 0 Å². The Bertz CT molecular complexity index is 1050. The Morgan fingerprint density at radius 2 is 1.48 bits per heavy atom. The molecule has 4 aliphatic rings. The zero-order chi connectivity index (χ0) is 20.8. The summed E-state index contributed by atoms with van der Waals surface area (Å²) in [4.78, 5) is 16.9. The number of nitrogens with zero attached hydrogens (tertiary/aromatic N) is 1. The minimum absolute atomic E-state index is 0.169. The molecule has 0 unspecified atom stereocenters. The number of carbonyl (C=O) groups is 1. The van der Waals surface area contributed by atoms with E-state index >= 15 is 0 Å². The lowest BCUT2D eigenvalue weighted by Crippen LogP contribution is -2.48. The first-order valence-corrected chi connectivity index (χ1v) is 11.5. The second-order valence-corrected chi connectivity index (χ2v) is 10.0. The highest BCUT2D eigenvalue weighted by Crippen LogP contribution is 2.60. The summed E-state index contributed by atoms with van der Waals surface area (Å²) >= 11 is 0. The van der Waals surface area contributed by atoms with Gasteiger partial charge in [0.1, 0.15) is 5.76 Å². The summed E-state index contributed by atoms with van der Waals surface area (Å²) in [6.45, 7) is 0. The molecule has 4 heteroatoms. The molecule has 0 saturated heterocycles. The molecule has 158 valence electrons. The molecular weight excluding hydrogens is 384 g/mol. The van der Waals surface area contributed by atoms with E-state index in [2.05, 4.69) is 28.5 Å². The lowest BCUT2D eigenvalue weighted by Gasteiger charge is -2.55. The van der Waals surface area contributed by atoms with Crippen molar-refractivity contribution in [3.63, 3.8) is 0 Å². The number of carbonyl (C=O) groups excluding carboxylic acids is 1. The Balaban J connectivity index is 1.14. The second-order valence-electron chi connectivity index (χ2n) is 10.0. The predicted molar refractivity (Wildman–Crippen MR) is 120 cm³/mol. The number of nitrogens with one attached hydrogen (secondary N) is 1. The van der Waals surface area contributed by atoms with Gasteiger partial charge in [-0.1, -0.05) is 12.1 Å². The van der Waals surface area contributed by atoms with Crippen LogP contribution in [0.5, 0.6) is 0 Å². The molecule has 0 radical (unpaired) electrons. The lowest BCUT2D eigenvalue weighted by molar-refractivity contribution is -0.0154. The summed E-state index contributed by atoms with van der Waals surface area (Å²) in [6.07, 6.45) is 12.4. The maximum atomic E-state index is 12.8. The molecule has 0 atom stereocenters. The van der Waals surface area contributed by atoms with Gasteiger partial charge in [-0.05, 0) is 110 Å². The Hall–Kier alpha value is -2.88. The van der Waals surface area contributed by atoms with Crippen LogP contribution in [-0.2, 0) is 11.8 Å². The van der Waals surface area contributed by atoms with Crippen LogP contribution in [0.3, 0.4) is 0 Å². The molecule has 1 amide bonds. The van der Waals surface area contributed by atoms with E-state index in [1.807, 2.05) is 42.7 Å². The van der Waals surface area contributed by atoms with E-state index in [0.717, 1.165) is 35.6 Å². The number of pyridine rings is 1. The van der Waals surface area contributed by atoms with Gasteiger partial charge in [0, 0.05) is 23.5 Å². The summed E-state index contributed by atoms with van der Waals surface area (Å²) in [6, 6.07) is 16.0. The molecule has 2 heterocycles. The van der Waals surface area contributed by atoms with Crippen LogP contribution in [0.15, 0.2) is 65.3 Å². The number of hydrogen-bond acceptors (Lipinski definition) is 3. The fraction of sp³-hybridized carbons (Fsp3) is 0.407. The number of anilines is 1. The molecule has 1 aromatic carbocycles. The summed E-state index contributed by atoms with van der Waals surface area (Å²) in [7, 11) is 0. The number of benzene rings is 1. The molecule has 31 heavy (non-hydrogen) atoms. The van der Waals surface area contributed by atoms with Crippen LogP contribution in [0.4, 0.5) is 5.69 Å². The maximum Gasteiger partial charge on any atom is 0.291 e. The molecule has 2 aromatic heterocycles. The molecule has 3 aromatic rings. The highest BCUT2D eigenvalue weighted by molar-refractivity contribution is 6.02. The average molecular weight is 413 g/mol. The van der Waals surface area contributed by atoms with E-state index < -0.39 is 0 Å². The predicted octanol–water partition coefficient (Wildman–Crippen LogP) is 5.99. The van der Waals surface area contributed by atoms with Gasteiger partial charge in [-0.25, -0.2) is 0 Å². The van der Waals surface area contributed by atoms with E-state index in [4.69, 9.17) is 4.42 Å². The van der Waals surface area contributed by atoms with Crippen LogP contribution in [0, 0.1) is 17.8 Å². The summed E-state index contributed by atoms with van der Waals surface area (Å²) in [5.74, 6) is 3.88. The van der Waals surface area contributed by atoms with Gasteiger partial charge < -0.3 is 9.73 Å². The summed E-state index contributed by atoms with van der Waals surface area (Å²) in [5.41, 5.74) is 3.39. The number of aromatic nitrogens is 1. The first kappa shape index (κ1) is 18.9. The van der Waals surface area contributed by atoms with Crippen molar-refractivity contribution < 1.29 is 9.21 Å². The van der Waals surface area contributed by atoms with Crippen LogP contribution in [0.2, 0.25) is 0 Å². The molecule has 4 bridgehead atoms. The third-order valence-electron chi connectivity index (χ3n) is 7.76. The Morgan fingerprint density at radius 3 is 2.13 bits per heavy atom. The average Bonchev–Trinajstić information content (AvgIpc) is 3.27. The van der Waals surface area contributed by atoms with Gasteiger partial charge in [0.2, 0.25) is 0 Å². The number of furan rings is 1. The van der Waals surface area contributed by atoms with Gasteiger partial charge in [0.05, 0.1) is 0 Å². The second kappa shape index (κ2) is 7.37. The first-order valence-electron chi connectivity index (χ1n) is 11.5. The maximum absolute atomic E-state index is 12.8. The normalized spacial score (nSPS) is 28.6. The standard InChI is InChI=1S/C27H28N2O2/c30-26(29-23-3-1-18(2-4-23)11-19-7-9-28-10-8-19)24-5-6-25(31-24)27-15-20-12-21(16-27)14-22(13-20)17-27/h1-10,20-22H,11-17H2,(H,29,30). The van der Waals surface area contributed by atoms with E-state index in [0.29, 0.717) is 5.76 Å². The molecule has 7 rings (SSSR count). The first-order chi connectivity index (χ1) is 15.1. The molecule has 4 fully saturated rings. The summed E-state index contributed by atoms with van der Waals surface area (Å²) in [5, 5.41) is 2.99. The van der Waals surface area contributed by atoms with Crippen molar-refractivity contribution in [2.45, 2.75) is 50.4 Å². The number of amides is 1. The third kappa shape index (κ3) is 3.58. The molecule has 0 aliphatic heterocycles. The van der Waals surface area contributed by atoms with E-state index in [-0.39, 0.29) is 11.3 Å². The molecule has 4 aliphatic carbocycles. The van der Waals surface area contributed by atoms with Crippen LogP contribution < -0.4 is 5.32 Å². The van der Waals surface area contributed by atoms with Crippen molar-refractivity contribution in [1.29, 1.82) is 0 Å². The Morgan fingerprint density at radius 1 is 0.871 bits per heavy atom. The molecule has 0 spiro atoms. The van der Waals surface area contributed by atoms with Crippen molar-refractivity contribution in [2.75, 3.05) is 5.32 Å². The quantitative estimate of drug-likeness (QED) is 0.560. The van der Waals surface area contributed by atoms with Gasteiger partial charge in [-0.3, -0.25) is 9.78 Å². The van der Waals surface area contributed by atoms with Gasteiger partial charge >= 0.3 is 0 Å².